The highest BCUT2D eigenvalue weighted by atomic mass is 35.5. The summed E-state index contributed by atoms with van der Waals surface area (Å²) in [6, 6.07) is 0.983. The van der Waals surface area contributed by atoms with Crippen molar-refractivity contribution >= 4 is 17.4 Å². The molecule has 0 amide bonds. The summed E-state index contributed by atoms with van der Waals surface area (Å²) in [7, 11) is 0. The fourth-order valence-corrected chi connectivity index (χ4v) is 1.63. The van der Waals surface area contributed by atoms with Gasteiger partial charge >= 0.3 is 6.18 Å². The fraction of sp³-hybridized carbons (Fsp3) is 0.583. The zero-order chi connectivity index (χ0) is 13.9. The van der Waals surface area contributed by atoms with Crippen molar-refractivity contribution in [3.63, 3.8) is 0 Å². The first kappa shape index (κ1) is 15.1. The van der Waals surface area contributed by atoms with Crippen LogP contribution in [0.5, 0.6) is 0 Å². The van der Waals surface area contributed by atoms with Gasteiger partial charge in [0.2, 0.25) is 0 Å². The van der Waals surface area contributed by atoms with Crippen LogP contribution in [0, 0.1) is 5.92 Å². The molecule has 1 aromatic rings. The molecule has 1 heterocycles. The number of hydrogen-bond acceptors (Lipinski definition) is 2. The maximum Gasteiger partial charge on any atom is 0.417 e. The summed E-state index contributed by atoms with van der Waals surface area (Å²) in [5, 5.41) is 3.02. The lowest BCUT2D eigenvalue weighted by molar-refractivity contribution is -0.137. The zero-order valence-corrected chi connectivity index (χ0v) is 11.2. The Balaban J connectivity index is 2.87. The Morgan fingerprint density at radius 3 is 2.44 bits per heavy atom. The van der Waals surface area contributed by atoms with Crippen LogP contribution in [0.4, 0.5) is 19.0 Å². The third-order valence-electron chi connectivity index (χ3n) is 3.03. The van der Waals surface area contributed by atoms with Crippen LogP contribution >= 0.6 is 11.6 Å². The van der Waals surface area contributed by atoms with E-state index in [4.69, 9.17) is 11.6 Å². The van der Waals surface area contributed by atoms with Crippen LogP contribution in [-0.4, -0.2) is 11.0 Å². The van der Waals surface area contributed by atoms with Gasteiger partial charge in [-0.2, -0.15) is 13.2 Å². The smallest absolute Gasteiger partial charge is 0.366 e. The van der Waals surface area contributed by atoms with Crippen LogP contribution in [-0.2, 0) is 6.18 Å². The van der Waals surface area contributed by atoms with Crippen LogP contribution < -0.4 is 5.32 Å². The summed E-state index contributed by atoms with van der Waals surface area (Å²) in [4.78, 5) is 3.74. The molecule has 1 N–H and O–H groups in total. The molecule has 0 aromatic carbocycles. The lowest BCUT2D eigenvalue weighted by atomic mass is 10.0. The summed E-state index contributed by atoms with van der Waals surface area (Å²) in [6.07, 6.45) is -2.67. The van der Waals surface area contributed by atoms with E-state index in [1.807, 2.05) is 13.8 Å². The molecule has 0 radical (unpaired) electrons. The SMILES string of the molecule is CCC(C)C(C)Nc1ncc(C(F)(F)F)cc1Cl. The number of pyridine rings is 1. The number of anilines is 1. The maximum atomic E-state index is 12.4. The van der Waals surface area contributed by atoms with Crippen LogP contribution in [0.1, 0.15) is 32.8 Å². The molecule has 102 valence electrons. The van der Waals surface area contributed by atoms with Crippen LogP contribution in [0.2, 0.25) is 5.02 Å². The van der Waals surface area contributed by atoms with E-state index in [0.29, 0.717) is 5.92 Å². The van der Waals surface area contributed by atoms with Crippen molar-refractivity contribution in [1.29, 1.82) is 0 Å². The van der Waals surface area contributed by atoms with Crippen molar-refractivity contribution in [3.8, 4) is 0 Å². The predicted molar refractivity (Wildman–Crippen MR) is 66.8 cm³/mol. The molecule has 0 saturated carbocycles. The first-order valence-corrected chi connectivity index (χ1v) is 6.12. The van der Waals surface area contributed by atoms with Crippen molar-refractivity contribution in [2.24, 2.45) is 5.92 Å². The van der Waals surface area contributed by atoms with E-state index in [9.17, 15) is 13.2 Å². The number of hydrogen-bond donors (Lipinski definition) is 1. The minimum atomic E-state index is -4.42. The number of nitrogens with zero attached hydrogens (tertiary/aromatic N) is 1. The van der Waals surface area contributed by atoms with Gasteiger partial charge in [-0.25, -0.2) is 4.98 Å². The highest BCUT2D eigenvalue weighted by Gasteiger charge is 2.31. The van der Waals surface area contributed by atoms with Crippen molar-refractivity contribution in [2.45, 2.75) is 39.4 Å². The molecule has 18 heavy (non-hydrogen) atoms. The summed E-state index contributed by atoms with van der Waals surface area (Å²) in [5.41, 5.74) is -0.839. The van der Waals surface area contributed by atoms with Crippen molar-refractivity contribution in [2.75, 3.05) is 5.32 Å². The number of halogens is 4. The molecule has 6 heteroatoms. The molecule has 1 aromatic heterocycles. The van der Waals surface area contributed by atoms with Gasteiger partial charge in [-0.1, -0.05) is 31.9 Å². The second-order valence-corrected chi connectivity index (χ2v) is 4.78. The molecule has 2 unspecified atom stereocenters. The van der Waals surface area contributed by atoms with E-state index in [2.05, 4.69) is 17.2 Å². The molecule has 0 aliphatic carbocycles. The molecule has 2 atom stereocenters. The van der Waals surface area contributed by atoms with E-state index >= 15 is 0 Å². The van der Waals surface area contributed by atoms with E-state index in [1.54, 1.807) is 0 Å². The largest absolute Gasteiger partial charge is 0.417 e. The van der Waals surface area contributed by atoms with E-state index < -0.39 is 11.7 Å². The summed E-state index contributed by atoms with van der Waals surface area (Å²) in [6.45, 7) is 6.05. The Kier molecular flexibility index (Phi) is 4.85. The minimum absolute atomic E-state index is 0.0139. The zero-order valence-electron chi connectivity index (χ0n) is 10.5. The van der Waals surface area contributed by atoms with Crippen LogP contribution in [0.3, 0.4) is 0 Å². The third-order valence-corrected chi connectivity index (χ3v) is 3.32. The highest BCUT2D eigenvalue weighted by Crippen LogP contribution is 2.32. The highest BCUT2D eigenvalue weighted by molar-refractivity contribution is 6.32. The molecule has 0 aliphatic heterocycles. The summed E-state index contributed by atoms with van der Waals surface area (Å²) in [5.74, 6) is 0.669. The average Bonchev–Trinajstić information content (AvgIpc) is 2.29. The molecule has 1 rings (SSSR count). The predicted octanol–water partition coefficient (Wildman–Crippen LogP) is 4.60. The molecule has 2 nitrogen and oxygen atoms in total. The average molecular weight is 281 g/mol. The molecule has 0 aliphatic rings. The molecular weight excluding hydrogens is 265 g/mol. The standard InChI is InChI=1S/C12H16ClF3N2/c1-4-7(2)8(3)18-11-10(13)5-9(6-17-11)12(14,15)16/h5-8H,4H2,1-3H3,(H,17,18). The monoisotopic (exact) mass is 280 g/mol. The Morgan fingerprint density at radius 1 is 1.39 bits per heavy atom. The van der Waals surface area contributed by atoms with Gasteiger partial charge in [0.05, 0.1) is 10.6 Å². The van der Waals surface area contributed by atoms with Gasteiger partial charge < -0.3 is 5.32 Å². The van der Waals surface area contributed by atoms with Gasteiger partial charge in [-0.05, 0) is 18.9 Å². The van der Waals surface area contributed by atoms with Gasteiger partial charge in [-0.3, -0.25) is 0 Å². The molecule has 0 fully saturated rings. The van der Waals surface area contributed by atoms with E-state index in [1.165, 1.54) is 0 Å². The molecular formula is C12H16ClF3N2. The van der Waals surface area contributed by atoms with Gasteiger partial charge in [0.15, 0.2) is 0 Å². The Morgan fingerprint density at radius 2 is 2.00 bits per heavy atom. The summed E-state index contributed by atoms with van der Waals surface area (Å²) < 4.78 is 37.3. The number of aromatic nitrogens is 1. The molecule has 0 spiro atoms. The van der Waals surface area contributed by atoms with Crippen molar-refractivity contribution in [1.82, 2.24) is 4.98 Å². The molecule has 0 saturated heterocycles. The minimum Gasteiger partial charge on any atom is -0.366 e. The second-order valence-electron chi connectivity index (χ2n) is 4.37. The maximum absolute atomic E-state index is 12.4. The fourth-order valence-electron chi connectivity index (χ4n) is 1.41. The number of rotatable bonds is 4. The van der Waals surface area contributed by atoms with Crippen molar-refractivity contribution in [3.05, 3.63) is 22.8 Å². The Hall–Kier alpha value is -0.970. The topological polar surface area (TPSA) is 24.9 Å². The Labute approximate surface area is 110 Å². The first-order valence-electron chi connectivity index (χ1n) is 5.75. The Bertz CT molecular complexity index is 407. The van der Waals surface area contributed by atoms with Gasteiger partial charge in [0.1, 0.15) is 5.82 Å². The number of nitrogens with one attached hydrogen (secondary N) is 1. The quantitative estimate of drug-likeness (QED) is 0.872. The van der Waals surface area contributed by atoms with E-state index in [0.717, 1.165) is 18.7 Å². The van der Waals surface area contributed by atoms with E-state index in [-0.39, 0.29) is 16.9 Å². The third kappa shape index (κ3) is 3.77. The lowest BCUT2D eigenvalue weighted by Crippen LogP contribution is -2.24. The van der Waals surface area contributed by atoms with Crippen molar-refractivity contribution < 1.29 is 13.2 Å². The lowest BCUT2D eigenvalue weighted by Gasteiger charge is -2.21. The van der Waals surface area contributed by atoms with Crippen LogP contribution in [0.25, 0.3) is 0 Å². The summed E-state index contributed by atoms with van der Waals surface area (Å²) >= 11 is 5.80. The first-order chi connectivity index (χ1) is 8.25. The normalized spacial score (nSPS) is 15.3. The number of alkyl halides is 3. The second kappa shape index (κ2) is 5.78. The van der Waals surface area contributed by atoms with Gasteiger partial charge in [0, 0.05) is 12.2 Å². The molecule has 0 bridgehead atoms. The van der Waals surface area contributed by atoms with Gasteiger partial charge in [-0.15, -0.1) is 0 Å². The van der Waals surface area contributed by atoms with Gasteiger partial charge in [0.25, 0.3) is 0 Å². The van der Waals surface area contributed by atoms with Crippen LogP contribution in [0.15, 0.2) is 12.3 Å².